The van der Waals surface area contributed by atoms with Gasteiger partial charge >= 0.3 is 0 Å². The fourth-order valence-electron chi connectivity index (χ4n) is 2.74. The van der Waals surface area contributed by atoms with Gasteiger partial charge in [0.2, 0.25) is 5.91 Å². The van der Waals surface area contributed by atoms with Crippen LogP contribution in [0.15, 0.2) is 60.3 Å². The summed E-state index contributed by atoms with van der Waals surface area (Å²) >= 11 is 7.16. The van der Waals surface area contributed by atoms with Crippen molar-refractivity contribution >= 4 is 35.0 Å². The van der Waals surface area contributed by atoms with Crippen molar-refractivity contribution in [3.05, 3.63) is 71.5 Å². The van der Waals surface area contributed by atoms with Crippen LogP contribution in [0.4, 0.5) is 5.69 Å². The van der Waals surface area contributed by atoms with Gasteiger partial charge in [0.15, 0.2) is 22.5 Å². The summed E-state index contributed by atoms with van der Waals surface area (Å²) in [5, 5.41) is 12.5. The molecule has 31 heavy (non-hydrogen) atoms. The van der Waals surface area contributed by atoms with Crippen LogP contribution >= 0.6 is 23.4 Å². The third kappa shape index (κ3) is 6.26. The second-order valence-corrected chi connectivity index (χ2v) is 7.96. The molecule has 1 aromatic heterocycles. The molecule has 0 saturated carbocycles. The normalized spacial score (nSPS) is 10.5. The van der Waals surface area contributed by atoms with E-state index in [1.807, 2.05) is 29.7 Å². The lowest BCUT2D eigenvalue weighted by Gasteiger charge is -2.12. The van der Waals surface area contributed by atoms with Crippen LogP contribution in [0.5, 0.6) is 11.5 Å². The second-order valence-electron chi connectivity index (χ2n) is 6.58. The first-order valence-electron chi connectivity index (χ1n) is 9.48. The standard InChI is InChI=1S/C22H23ClN4O3S/c1-4-11-27-20(13-30-18-10-5-15(2)12-19(18)29-3)25-26-22(27)31-14-21(28)24-17-8-6-16(23)7-9-17/h4-10,12H,1,11,13-14H2,2-3H3,(H,24,28). The largest absolute Gasteiger partial charge is 0.493 e. The summed E-state index contributed by atoms with van der Waals surface area (Å²) in [6, 6.07) is 12.7. The van der Waals surface area contributed by atoms with Crippen molar-refractivity contribution in [3.8, 4) is 11.5 Å². The molecular formula is C22H23ClN4O3S. The molecule has 0 aliphatic heterocycles. The van der Waals surface area contributed by atoms with Gasteiger partial charge < -0.3 is 14.8 Å². The summed E-state index contributed by atoms with van der Waals surface area (Å²) < 4.78 is 13.1. The van der Waals surface area contributed by atoms with Crippen LogP contribution in [0.1, 0.15) is 11.4 Å². The lowest BCUT2D eigenvalue weighted by molar-refractivity contribution is -0.113. The average molecular weight is 459 g/mol. The van der Waals surface area contributed by atoms with Crippen molar-refractivity contribution < 1.29 is 14.3 Å². The number of hydrogen-bond acceptors (Lipinski definition) is 6. The van der Waals surface area contributed by atoms with Crippen molar-refractivity contribution in [2.75, 3.05) is 18.2 Å². The van der Waals surface area contributed by atoms with E-state index in [1.54, 1.807) is 37.5 Å². The lowest BCUT2D eigenvalue weighted by atomic mass is 10.2. The van der Waals surface area contributed by atoms with E-state index in [2.05, 4.69) is 22.1 Å². The molecule has 0 spiro atoms. The molecule has 2 aromatic carbocycles. The third-order valence-electron chi connectivity index (χ3n) is 4.24. The number of rotatable bonds is 10. The molecule has 7 nitrogen and oxygen atoms in total. The Morgan fingerprint density at radius 2 is 2.00 bits per heavy atom. The fourth-order valence-corrected chi connectivity index (χ4v) is 3.63. The molecule has 0 unspecified atom stereocenters. The molecule has 0 radical (unpaired) electrons. The highest BCUT2D eigenvalue weighted by Crippen LogP contribution is 2.28. The minimum Gasteiger partial charge on any atom is -0.493 e. The van der Waals surface area contributed by atoms with Crippen LogP contribution in [0.25, 0.3) is 0 Å². The number of anilines is 1. The van der Waals surface area contributed by atoms with E-state index < -0.39 is 0 Å². The number of thioether (sulfide) groups is 1. The first-order chi connectivity index (χ1) is 15.0. The van der Waals surface area contributed by atoms with E-state index >= 15 is 0 Å². The molecule has 0 fully saturated rings. The topological polar surface area (TPSA) is 78.3 Å². The van der Waals surface area contributed by atoms with Crippen LogP contribution in [0.3, 0.4) is 0 Å². The number of aryl methyl sites for hydroxylation is 1. The number of aromatic nitrogens is 3. The summed E-state index contributed by atoms with van der Waals surface area (Å²) in [4.78, 5) is 12.3. The summed E-state index contributed by atoms with van der Waals surface area (Å²) in [5.41, 5.74) is 1.76. The van der Waals surface area contributed by atoms with Gasteiger partial charge in [-0.1, -0.05) is 35.5 Å². The van der Waals surface area contributed by atoms with E-state index in [0.29, 0.717) is 39.7 Å². The van der Waals surface area contributed by atoms with Crippen molar-refractivity contribution in [1.29, 1.82) is 0 Å². The highest BCUT2D eigenvalue weighted by atomic mass is 35.5. The highest BCUT2D eigenvalue weighted by molar-refractivity contribution is 7.99. The smallest absolute Gasteiger partial charge is 0.234 e. The zero-order valence-electron chi connectivity index (χ0n) is 17.3. The van der Waals surface area contributed by atoms with Crippen molar-refractivity contribution in [2.24, 2.45) is 0 Å². The second kappa shape index (κ2) is 10.9. The number of carbonyl (C=O) groups excluding carboxylic acids is 1. The van der Waals surface area contributed by atoms with Crippen molar-refractivity contribution in [2.45, 2.75) is 25.2 Å². The number of halogens is 1. The monoisotopic (exact) mass is 458 g/mol. The first kappa shape index (κ1) is 22.7. The number of amides is 1. The molecule has 0 aliphatic rings. The number of benzene rings is 2. The Kier molecular flexibility index (Phi) is 7.97. The maximum absolute atomic E-state index is 12.3. The average Bonchev–Trinajstić information content (AvgIpc) is 3.14. The SMILES string of the molecule is C=CCn1c(COc2ccc(C)cc2OC)nnc1SCC(=O)Nc1ccc(Cl)cc1. The maximum Gasteiger partial charge on any atom is 0.234 e. The van der Waals surface area contributed by atoms with Crippen LogP contribution in [-0.4, -0.2) is 33.5 Å². The number of methoxy groups -OCH3 is 1. The van der Waals surface area contributed by atoms with Gasteiger partial charge in [-0.05, 0) is 48.9 Å². The number of carbonyl (C=O) groups is 1. The predicted octanol–water partition coefficient (Wildman–Crippen LogP) is 4.74. The van der Waals surface area contributed by atoms with E-state index in [9.17, 15) is 4.79 Å². The quantitative estimate of drug-likeness (QED) is 0.349. The minimum absolute atomic E-state index is 0.150. The van der Waals surface area contributed by atoms with Crippen molar-refractivity contribution in [3.63, 3.8) is 0 Å². The minimum atomic E-state index is -0.150. The Morgan fingerprint density at radius 3 is 2.71 bits per heavy atom. The Bertz CT molecular complexity index is 1050. The van der Waals surface area contributed by atoms with Gasteiger partial charge in [0.05, 0.1) is 12.9 Å². The van der Waals surface area contributed by atoms with E-state index in [0.717, 1.165) is 5.56 Å². The predicted molar refractivity (Wildman–Crippen MR) is 123 cm³/mol. The molecule has 9 heteroatoms. The summed E-state index contributed by atoms with van der Waals surface area (Å²) in [6.07, 6.45) is 1.75. The van der Waals surface area contributed by atoms with Crippen molar-refractivity contribution in [1.82, 2.24) is 14.8 Å². The number of allylic oxidation sites excluding steroid dienone is 1. The van der Waals surface area contributed by atoms with Gasteiger partial charge in [0.25, 0.3) is 0 Å². The van der Waals surface area contributed by atoms with Gasteiger partial charge in [-0.15, -0.1) is 16.8 Å². The molecule has 0 saturated heterocycles. The molecule has 0 aliphatic carbocycles. The molecule has 1 heterocycles. The zero-order valence-corrected chi connectivity index (χ0v) is 18.9. The highest BCUT2D eigenvalue weighted by Gasteiger charge is 2.15. The van der Waals surface area contributed by atoms with Crippen LogP contribution in [-0.2, 0) is 17.9 Å². The molecule has 1 N–H and O–H groups in total. The number of ether oxygens (including phenoxy) is 2. The molecule has 3 aromatic rings. The molecule has 162 valence electrons. The Morgan fingerprint density at radius 1 is 1.23 bits per heavy atom. The molecule has 0 bridgehead atoms. The van der Waals surface area contributed by atoms with Gasteiger partial charge in [0.1, 0.15) is 6.61 Å². The van der Waals surface area contributed by atoms with Gasteiger partial charge in [-0.3, -0.25) is 9.36 Å². The lowest BCUT2D eigenvalue weighted by Crippen LogP contribution is -2.15. The van der Waals surface area contributed by atoms with Gasteiger partial charge in [-0.2, -0.15) is 0 Å². The maximum atomic E-state index is 12.3. The van der Waals surface area contributed by atoms with Crippen LogP contribution in [0, 0.1) is 6.92 Å². The van der Waals surface area contributed by atoms with E-state index in [-0.39, 0.29) is 18.3 Å². The molecule has 0 atom stereocenters. The Balaban J connectivity index is 1.63. The first-order valence-corrected chi connectivity index (χ1v) is 10.8. The van der Waals surface area contributed by atoms with Gasteiger partial charge in [0, 0.05) is 17.3 Å². The molecule has 1 amide bonds. The number of nitrogens with zero attached hydrogens (tertiary/aromatic N) is 3. The fraction of sp³-hybridized carbons (Fsp3) is 0.227. The number of nitrogens with one attached hydrogen (secondary N) is 1. The molecule has 3 rings (SSSR count). The van der Waals surface area contributed by atoms with Crippen LogP contribution in [0.2, 0.25) is 5.02 Å². The number of hydrogen-bond donors (Lipinski definition) is 1. The zero-order chi connectivity index (χ0) is 22.2. The Labute approximate surface area is 190 Å². The summed E-state index contributed by atoms with van der Waals surface area (Å²) in [7, 11) is 1.60. The summed E-state index contributed by atoms with van der Waals surface area (Å²) in [6.45, 7) is 6.48. The summed E-state index contributed by atoms with van der Waals surface area (Å²) in [5.74, 6) is 1.94. The van der Waals surface area contributed by atoms with E-state index in [4.69, 9.17) is 21.1 Å². The van der Waals surface area contributed by atoms with E-state index in [1.165, 1.54) is 11.8 Å². The van der Waals surface area contributed by atoms with Crippen LogP contribution < -0.4 is 14.8 Å². The van der Waals surface area contributed by atoms with Gasteiger partial charge in [-0.25, -0.2) is 0 Å². The molecular weight excluding hydrogens is 436 g/mol. The third-order valence-corrected chi connectivity index (χ3v) is 5.46. The Hall–Kier alpha value is -2.97.